The van der Waals surface area contributed by atoms with Crippen molar-refractivity contribution in [3.05, 3.63) is 84.2 Å². The summed E-state index contributed by atoms with van der Waals surface area (Å²) in [5.41, 5.74) is 2.10. The van der Waals surface area contributed by atoms with Crippen LogP contribution >= 0.6 is 0 Å². The fraction of sp³-hybridized carbons (Fsp3) is 0.130. The van der Waals surface area contributed by atoms with Gasteiger partial charge in [-0.1, -0.05) is 31.2 Å². The fourth-order valence-corrected chi connectivity index (χ4v) is 2.57. The Bertz CT molecular complexity index is 945. The molecule has 3 aromatic carbocycles. The molecule has 4 nitrogen and oxygen atoms in total. The second-order valence-electron chi connectivity index (χ2n) is 6.17. The van der Waals surface area contributed by atoms with Crippen LogP contribution in [0.2, 0.25) is 0 Å². The van der Waals surface area contributed by atoms with Crippen LogP contribution in [0.1, 0.15) is 30.1 Å². The van der Waals surface area contributed by atoms with Gasteiger partial charge in [0.1, 0.15) is 17.3 Å². The molecule has 5 heteroatoms. The van der Waals surface area contributed by atoms with Crippen LogP contribution in [-0.2, 0) is 4.79 Å². The molecule has 0 aliphatic rings. The van der Waals surface area contributed by atoms with Crippen molar-refractivity contribution < 1.29 is 23.5 Å². The predicted molar refractivity (Wildman–Crippen MR) is 104 cm³/mol. The minimum atomic E-state index is -0.513. The monoisotopic (exact) mass is 378 g/mol. The van der Waals surface area contributed by atoms with Crippen LogP contribution in [0.4, 0.5) is 4.39 Å². The van der Waals surface area contributed by atoms with Gasteiger partial charge in [0.15, 0.2) is 0 Å². The third kappa shape index (κ3) is 5.04. The molecule has 0 N–H and O–H groups in total. The average molecular weight is 378 g/mol. The van der Waals surface area contributed by atoms with E-state index in [0.717, 1.165) is 11.1 Å². The molecule has 0 saturated heterocycles. The summed E-state index contributed by atoms with van der Waals surface area (Å²) in [6.07, 6.45) is 1.06. The number of rotatable bonds is 6. The lowest BCUT2D eigenvalue weighted by Gasteiger charge is -2.07. The molecule has 0 spiro atoms. The summed E-state index contributed by atoms with van der Waals surface area (Å²) >= 11 is 0. The highest BCUT2D eigenvalue weighted by atomic mass is 19.1. The molecule has 0 aliphatic carbocycles. The number of carbonyl (C=O) groups is 2. The van der Waals surface area contributed by atoms with Gasteiger partial charge in [-0.3, -0.25) is 4.79 Å². The van der Waals surface area contributed by atoms with Crippen LogP contribution in [0.15, 0.2) is 72.8 Å². The smallest absolute Gasteiger partial charge is 0.343 e. The summed E-state index contributed by atoms with van der Waals surface area (Å²) in [4.78, 5) is 23.8. The Labute approximate surface area is 162 Å². The number of halogens is 1. The number of benzene rings is 3. The first-order valence-corrected chi connectivity index (χ1v) is 8.94. The number of carbonyl (C=O) groups excluding carboxylic acids is 2. The molecule has 0 saturated carbocycles. The molecule has 3 rings (SSSR count). The molecule has 0 heterocycles. The molecular formula is C23H19FO4. The summed E-state index contributed by atoms with van der Waals surface area (Å²) < 4.78 is 23.5. The molecule has 3 aromatic rings. The van der Waals surface area contributed by atoms with Crippen LogP contribution in [0.25, 0.3) is 11.1 Å². The maximum Gasteiger partial charge on any atom is 0.343 e. The Kier molecular flexibility index (Phi) is 6.17. The first-order chi connectivity index (χ1) is 13.5. The van der Waals surface area contributed by atoms with Gasteiger partial charge in [0.2, 0.25) is 0 Å². The number of ether oxygens (including phenoxy) is 2. The van der Waals surface area contributed by atoms with E-state index in [0.29, 0.717) is 29.9 Å². The van der Waals surface area contributed by atoms with Crippen LogP contribution in [0, 0.1) is 5.82 Å². The highest BCUT2D eigenvalue weighted by molar-refractivity contribution is 5.91. The second-order valence-corrected chi connectivity index (χ2v) is 6.17. The minimum absolute atomic E-state index is 0.291. The molecule has 0 aromatic heterocycles. The summed E-state index contributed by atoms with van der Waals surface area (Å²) in [6, 6.07) is 19.3. The zero-order valence-electron chi connectivity index (χ0n) is 15.4. The van der Waals surface area contributed by atoms with E-state index >= 15 is 0 Å². The van der Waals surface area contributed by atoms with E-state index in [1.807, 2.05) is 6.92 Å². The zero-order chi connectivity index (χ0) is 19.9. The van der Waals surface area contributed by atoms with Crippen molar-refractivity contribution in [2.24, 2.45) is 0 Å². The highest BCUT2D eigenvalue weighted by Gasteiger charge is 2.10. The third-order valence-corrected chi connectivity index (χ3v) is 4.02. The minimum Gasteiger partial charge on any atom is -0.427 e. The van der Waals surface area contributed by atoms with Crippen molar-refractivity contribution >= 4 is 11.9 Å². The molecule has 0 atom stereocenters. The number of hydrogen-bond acceptors (Lipinski definition) is 4. The molecule has 0 aliphatic heterocycles. The van der Waals surface area contributed by atoms with Crippen molar-refractivity contribution in [2.75, 3.05) is 0 Å². The summed E-state index contributed by atoms with van der Waals surface area (Å²) in [7, 11) is 0. The topological polar surface area (TPSA) is 52.6 Å². The van der Waals surface area contributed by atoms with Crippen molar-refractivity contribution in [3.8, 4) is 22.6 Å². The van der Waals surface area contributed by atoms with E-state index in [4.69, 9.17) is 9.47 Å². The molecular weight excluding hydrogens is 359 g/mol. The second kappa shape index (κ2) is 8.95. The fourth-order valence-electron chi connectivity index (χ4n) is 2.57. The first-order valence-electron chi connectivity index (χ1n) is 8.94. The Balaban J connectivity index is 1.62. The average Bonchev–Trinajstić information content (AvgIpc) is 2.70. The maximum atomic E-state index is 13.0. The maximum absolute atomic E-state index is 13.0. The van der Waals surface area contributed by atoms with E-state index in [-0.39, 0.29) is 11.8 Å². The predicted octanol–water partition coefficient (Wildman–Crippen LogP) is 5.42. The molecule has 142 valence electrons. The molecule has 28 heavy (non-hydrogen) atoms. The van der Waals surface area contributed by atoms with Crippen LogP contribution in [0.3, 0.4) is 0 Å². The zero-order valence-corrected chi connectivity index (χ0v) is 15.4. The summed E-state index contributed by atoms with van der Waals surface area (Å²) in [6.45, 7) is 1.90. The molecule has 0 fully saturated rings. The summed E-state index contributed by atoms with van der Waals surface area (Å²) in [5.74, 6) is -0.326. The van der Waals surface area contributed by atoms with Crippen molar-refractivity contribution in [2.45, 2.75) is 19.8 Å². The molecule has 0 amide bonds. The van der Waals surface area contributed by atoms with E-state index in [2.05, 4.69) is 0 Å². The van der Waals surface area contributed by atoms with Gasteiger partial charge in [0.05, 0.1) is 5.56 Å². The number of esters is 2. The Morgan fingerprint density at radius 3 is 1.82 bits per heavy atom. The standard InChI is InChI=1S/C23H19FO4/c1-2-3-22(25)27-20-14-8-18(9-15-20)23(26)28-21-12-6-17(7-13-21)16-4-10-19(24)11-5-16/h4-15H,2-3H2,1H3. The van der Waals surface area contributed by atoms with Gasteiger partial charge < -0.3 is 9.47 Å². The van der Waals surface area contributed by atoms with E-state index < -0.39 is 5.97 Å². The Morgan fingerprint density at radius 2 is 1.25 bits per heavy atom. The van der Waals surface area contributed by atoms with Crippen molar-refractivity contribution in [1.82, 2.24) is 0 Å². The lowest BCUT2D eigenvalue weighted by Crippen LogP contribution is -2.09. The highest BCUT2D eigenvalue weighted by Crippen LogP contribution is 2.23. The van der Waals surface area contributed by atoms with Crippen molar-refractivity contribution in [3.63, 3.8) is 0 Å². The SMILES string of the molecule is CCCC(=O)Oc1ccc(C(=O)Oc2ccc(-c3ccc(F)cc3)cc2)cc1. The van der Waals surface area contributed by atoms with Gasteiger partial charge in [0, 0.05) is 6.42 Å². The van der Waals surface area contributed by atoms with Crippen molar-refractivity contribution in [1.29, 1.82) is 0 Å². The number of hydrogen-bond donors (Lipinski definition) is 0. The van der Waals surface area contributed by atoms with Crippen LogP contribution in [0.5, 0.6) is 11.5 Å². The lowest BCUT2D eigenvalue weighted by molar-refractivity contribution is -0.134. The van der Waals surface area contributed by atoms with Gasteiger partial charge in [-0.2, -0.15) is 0 Å². The van der Waals surface area contributed by atoms with Gasteiger partial charge in [-0.25, -0.2) is 9.18 Å². The molecule has 0 bridgehead atoms. The molecule has 0 radical (unpaired) electrons. The largest absolute Gasteiger partial charge is 0.427 e. The normalized spacial score (nSPS) is 10.4. The van der Waals surface area contributed by atoms with E-state index in [1.165, 1.54) is 12.1 Å². The Hall–Kier alpha value is -3.47. The van der Waals surface area contributed by atoms with Gasteiger partial charge in [-0.15, -0.1) is 0 Å². The quantitative estimate of drug-likeness (QED) is 0.425. The van der Waals surface area contributed by atoms with Crippen LogP contribution in [-0.4, -0.2) is 11.9 Å². The van der Waals surface area contributed by atoms with E-state index in [1.54, 1.807) is 60.7 Å². The van der Waals surface area contributed by atoms with Crippen LogP contribution < -0.4 is 9.47 Å². The third-order valence-electron chi connectivity index (χ3n) is 4.02. The van der Waals surface area contributed by atoms with Gasteiger partial charge >= 0.3 is 11.9 Å². The van der Waals surface area contributed by atoms with Gasteiger partial charge in [0.25, 0.3) is 0 Å². The van der Waals surface area contributed by atoms with Gasteiger partial charge in [-0.05, 0) is 66.1 Å². The Morgan fingerprint density at radius 1 is 0.750 bits per heavy atom. The van der Waals surface area contributed by atoms with E-state index in [9.17, 15) is 14.0 Å². The lowest BCUT2D eigenvalue weighted by atomic mass is 10.1. The molecule has 0 unspecified atom stereocenters. The summed E-state index contributed by atoms with van der Waals surface area (Å²) in [5, 5.41) is 0. The first kappa shape index (κ1) is 19.3.